The molecule has 0 aliphatic carbocycles. The molecule has 0 heterocycles. The largest absolute Gasteiger partial charge is 0.497 e. The summed E-state index contributed by atoms with van der Waals surface area (Å²) in [7, 11) is 3.12. The lowest BCUT2D eigenvalue weighted by Crippen LogP contribution is -2.34. The minimum absolute atomic E-state index is 0.274. The fourth-order valence-corrected chi connectivity index (χ4v) is 2.46. The number of amides is 2. The van der Waals surface area contributed by atoms with Gasteiger partial charge < -0.3 is 14.8 Å². The van der Waals surface area contributed by atoms with Gasteiger partial charge in [-0.2, -0.15) is 0 Å². The van der Waals surface area contributed by atoms with Gasteiger partial charge in [0.2, 0.25) is 0 Å². The molecular formula is C18H21ClN2O3. The average Bonchev–Trinajstić information content (AvgIpc) is 2.58. The van der Waals surface area contributed by atoms with Crippen molar-refractivity contribution < 1.29 is 14.3 Å². The van der Waals surface area contributed by atoms with E-state index in [4.69, 9.17) is 21.1 Å². The van der Waals surface area contributed by atoms with E-state index in [1.807, 2.05) is 26.0 Å². The molecule has 0 saturated heterocycles. The van der Waals surface area contributed by atoms with Crippen molar-refractivity contribution in [2.24, 2.45) is 0 Å². The van der Waals surface area contributed by atoms with E-state index in [0.717, 1.165) is 11.3 Å². The van der Waals surface area contributed by atoms with Crippen LogP contribution in [0, 0.1) is 6.92 Å². The average molecular weight is 349 g/mol. The Hall–Kier alpha value is -2.40. The zero-order valence-electron chi connectivity index (χ0n) is 14.2. The van der Waals surface area contributed by atoms with Gasteiger partial charge in [-0.25, -0.2) is 4.79 Å². The van der Waals surface area contributed by atoms with Crippen molar-refractivity contribution in [1.82, 2.24) is 0 Å². The Morgan fingerprint density at radius 2 is 1.92 bits per heavy atom. The maximum absolute atomic E-state index is 12.7. The van der Waals surface area contributed by atoms with Gasteiger partial charge in [0, 0.05) is 23.3 Å². The maximum Gasteiger partial charge on any atom is 0.326 e. The van der Waals surface area contributed by atoms with Gasteiger partial charge >= 0.3 is 6.03 Å². The highest BCUT2D eigenvalue weighted by molar-refractivity contribution is 6.31. The second kappa shape index (κ2) is 7.93. The van der Waals surface area contributed by atoms with Crippen LogP contribution in [0.4, 0.5) is 16.2 Å². The Kier molecular flexibility index (Phi) is 5.93. The standard InChI is InChI=1S/C18H21ClN2O3/c1-5-21(13-7-6-12(2)15(19)10-13)18(22)20-16-11-14(23-3)8-9-17(16)24-4/h6-11H,5H2,1-4H3,(H,20,22). The Morgan fingerprint density at radius 3 is 2.50 bits per heavy atom. The van der Waals surface area contributed by atoms with Gasteiger partial charge in [-0.05, 0) is 43.7 Å². The molecule has 24 heavy (non-hydrogen) atoms. The quantitative estimate of drug-likeness (QED) is 0.850. The van der Waals surface area contributed by atoms with Crippen molar-refractivity contribution >= 4 is 29.0 Å². The lowest BCUT2D eigenvalue weighted by atomic mass is 10.2. The summed E-state index contributed by atoms with van der Waals surface area (Å²) in [5.41, 5.74) is 2.23. The molecule has 0 fully saturated rings. The van der Waals surface area contributed by atoms with Gasteiger partial charge in [0.05, 0.1) is 19.9 Å². The van der Waals surface area contributed by atoms with Crippen molar-refractivity contribution in [3.8, 4) is 11.5 Å². The number of carbonyl (C=O) groups excluding carboxylic acids is 1. The lowest BCUT2D eigenvalue weighted by Gasteiger charge is -2.23. The molecule has 0 unspecified atom stereocenters. The number of nitrogens with one attached hydrogen (secondary N) is 1. The number of hydrogen-bond donors (Lipinski definition) is 1. The molecule has 6 heteroatoms. The van der Waals surface area contributed by atoms with Crippen LogP contribution in [0.3, 0.4) is 0 Å². The molecule has 0 spiro atoms. The molecule has 0 bridgehead atoms. The van der Waals surface area contributed by atoms with E-state index in [9.17, 15) is 4.79 Å². The number of carbonyl (C=O) groups is 1. The Morgan fingerprint density at radius 1 is 1.17 bits per heavy atom. The van der Waals surface area contributed by atoms with Crippen molar-refractivity contribution in [1.29, 1.82) is 0 Å². The first kappa shape index (κ1) is 17.9. The van der Waals surface area contributed by atoms with Crippen LogP contribution in [-0.2, 0) is 0 Å². The number of anilines is 2. The summed E-state index contributed by atoms with van der Waals surface area (Å²) in [4.78, 5) is 14.3. The number of urea groups is 1. The minimum Gasteiger partial charge on any atom is -0.497 e. The van der Waals surface area contributed by atoms with Crippen molar-refractivity contribution in [2.75, 3.05) is 31.0 Å². The van der Waals surface area contributed by atoms with Crippen LogP contribution < -0.4 is 19.7 Å². The van der Waals surface area contributed by atoms with Crippen LogP contribution in [-0.4, -0.2) is 26.8 Å². The van der Waals surface area contributed by atoms with Crippen LogP contribution in [0.15, 0.2) is 36.4 Å². The highest BCUT2D eigenvalue weighted by atomic mass is 35.5. The van der Waals surface area contributed by atoms with E-state index in [0.29, 0.717) is 28.8 Å². The predicted molar refractivity (Wildman–Crippen MR) is 97.8 cm³/mol. The van der Waals surface area contributed by atoms with Gasteiger partial charge in [0.25, 0.3) is 0 Å². The van der Waals surface area contributed by atoms with Crippen LogP contribution in [0.25, 0.3) is 0 Å². The molecule has 2 amide bonds. The summed E-state index contributed by atoms with van der Waals surface area (Å²) in [5, 5.41) is 3.48. The lowest BCUT2D eigenvalue weighted by molar-refractivity contribution is 0.257. The molecule has 0 radical (unpaired) electrons. The van der Waals surface area contributed by atoms with Crippen molar-refractivity contribution in [3.05, 3.63) is 47.0 Å². The molecule has 0 saturated carbocycles. The molecule has 0 aliphatic rings. The summed E-state index contributed by atoms with van der Waals surface area (Å²) in [5.74, 6) is 1.19. The number of rotatable bonds is 5. The molecular weight excluding hydrogens is 328 g/mol. The van der Waals surface area contributed by atoms with Crippen molar-refractivity contribution in [2.45, 2.75) is 13.8 Å². The molecule has 0 aromatic heterocycles. The minimum atomic E-state index is -0.274. The molecule has 2 rings (SSSR count). The van der Waals surface area contributed by atoms with E-state index < -0.39 is 0 Å². The second-order valence-electron chi connectivity index (χ2n) is 5.17. The highest BCUT2D eigenvalue weighted by Gasteiger charge is 2.17. The number of hydrogen-bond acceptors (Lipinski definition) is 3. The second-order valence-corrected chi connectivity index (χ2v) is 5.58. The first-order chi connectivity index (χ1) is 11.5. The Labute approximate surface area is 147 Å². The predicted octanol–water partition coefficient (Wildman–Crippen LogP) is 4.72. The number of benzene rings is 2. The van der Waals surface area contributed by atoms with Crippen LogP contribution in [0.5, 0.6) is 11.5 Å². The summed E-state index contributed by atoms with van der Waals surface area (Å²) in [6.45, 7) is 4.32. The van der Waals surface area contributed by atoms with Gasteiger partial charge in [0.1, 0.15) is 11.5 Å². The summed E-state index contributed by atoms with van der Waals surface area (Å²) in [6.07, 6.45) is 0. The molecule has 0 atom stereocenters. The van der Waals surface area contributed by atoms with E-state index in [-0.39, 0.29) is 6.03 Å². The van der Waals surface area contributed by atoms with Gasteiger partial charge in [0.15, 0.2) is 0 Å². The van der Waals surface area contributed by atoms with Crippen LogP contribution >= 0.6 is 11.6 Å². The Bertz CT molecular complexity index is 734. The fraction of sp³-hybridized carbons (Fsp3) is 0.278. The molecule has 128 valence electrons. The van der Waals surface area contributed by atoms with E-state index in [1.165, 1.54) is 0 Å². The zero-order chi connectivity index (χ0) is 17.7. The monoisotopic (exact) mass is 348 g/mol. The number of halogens is 1. The van der Waals surface area contributed by atoms with Crippen LogP contribution in [0.2, 0.25) is 5.02 Å². The summed E-state index contributed by atoms with van der Waals surface area (Å²) >= 11 is 6.17. The molecule has 5 nitrogen and oxygen atoms in total. The number of aryl methyl sites for hydroxylation is 1. The smallest absolute Gasteiger partial charge is 0.326 e. The topological polar surface area (TPSA) is 50.8 Å². The summed E-state index contributed by atoms with van der Waals surface area (Å²) < 4.78 is 10.5. The van der Waals surface area contributed by atoms with Gasteiger partial charge in [-0.1, -0.05) is 17.7 Å². The number of methoxy groups -OCH3 is 2. The SMILES string of the molecule is CCN(C(=O)Nc1cc(OC)ccc1OC)c1ccc(C)c(Cl)c1. The summed E-state index contributed by atoms with van der Waals surface area (Å²) in [6, 6.07) is 10.5. The van der Waals surface area contributed by atoms with E-state index >= 15 is 0 Å². The van der Waals surface area contributed by atoms with Crippen molar-refractivity contribution in [3.63, 3.8) is 0 Å². The molecule has 0 aliphatic heterocycles. The third kappa shape index (κ3) is 3.92. The van der Waals surface area contributed by atoms with Crippen LogP contribution in [0.1, 0.15) is 12.5 Å². The first-order valence-corrected chi connectivity index (χ1v) is 7.94. The highest BCUT2D eigenvalue weighted by Crippen LogP contribution is 2.30. The first-order valence-electron chi connectivity index (χ1n) is 7.56. The molecule has 2 aromatic rings. The zero-order valence-corrected chi connectivity index (χ0v) is 15.0. The third-order valence-electron chi connectivity index (χ3n) is 3.68. The number of ether oxygens (including phenoxy) is 2. The van der Waals surface area contributed by atoms with E-state index in [2.05, 4.69) is 5.32 Å². The normalized spacial score (nSPS) is 10.2. The molecule has 2 aromatic carbocycles. The maximum atomic E-state index is 12.7. The fourth-order valence-electron chi connectivity index (χ4n) is 2.29. The van der Waals surface area contributed by atoms with E-state index in [1.54, 1.807) is 43.4 Å². The van der Waals surface area contributed by atoms with Gasteiger partial charge in [-0.15, -0.1) is 0 Å². The number of nitrogens with zero attached hydrogens (tertiary/aromatic N) is 1. The Balaban J connectivity index is 2.28. The van der Waals surface area contributed by atoms with Gasteiger partial charge in [-0.3, -0.25) is 4.90 Å². The molecule has 1 N–H and O–H groups in total. The third-order valence-corrected chi connectivity index (χ3v) is 4.08.